The van der Waals surface area contributed by atoms with Gasteiger partial charge >= 0.3 is 0 Å². The molecular weight excluding hydrogens is 296 g/mol. The highest BCUT2D eigenvalue weighted by molar-refractivity contribution is 5.18. The van der Waals surface area contributed by atoms with Crippen molar-refractivity contribution in [2.75, 3.05) is 0 Å². The van der Waals surface area contributed by atoms with Crippen LogP contribution in [0, 0.1) is 13.8 Å². The normalized spacial score (nSPS) is 12.1. The molecule has 1 unspecified atom stereocenters. The van der Waals surface area contributed by atoms with Crippen molar-refractivity contribution in [1.82, 2.24) is 20.3 Å². The molecule has 1 atom stereocenters. The first-order chi connectivity index (χ1) is 11.7. The maximum atomic E-state index is 4.69. The first kappa shape index (κ1) is 16.3. The molecule has 0 aliphatic carbocycles. The monoisotopic (exact) mass is 318 g/mol. The Bertz CT molecular complexity index is 786. The van der Waals surface area contributed by atoms with E-state index in [1.807, 2.05) is 50.4 Å². The Morgan fingerprint density at radius 2 is 1.58 bits per heavy atom. The van der Waals surface area contributed by atoms with Crippen LogP contribution in [0.15, 0.2) is 60.8 Å². The second-order valence-corrected chi connectivity index (χ2v) is 5.93. The molecule has 0 aliphatic rings. The lowest BCUT2D eigenvalue weighted by Gasteiger charge is -2.18. The van der Waals surface area contributed by atoms with Gasteiger partial charge in [0.15, 0.2) is 0 Å². The number of hydrogen-bond donors (Lipinski definition) is 1. The van der Waals surface area contributed by atoms with E-state index in [0.29, 0.717) is 6.54 Å². The van der Waals surface area contributed by atoms with Gasteiger partial charge in [0.05, 0.1) is 17.4 Å². The van der Waals surface area contributed by atoms with E-state index in [1.165, 1.54) is 0 Å². The van der Waals surface area contributed by atoms with E-state index in [2.05, 4.69) is 39.6 Å². The maximum absolute atomic E-state index is 4.69. The van der Waals surface area contributed by atoms with Crippen molar-refractivity contribution >= 4 is 0 Å². The molecule has 0 saturated heterocycles. The summed E-state index contributed by atoms with van der Waals surface area (Å²) in [5, 5.41) is 3.58. The fourth-order valence-electron chi connectivity index (χ4n) is 2.69. The van der Waals surface area contributed by atoms with Crippen LogP contribution in [0.4, 0.5) is 0 Å². The summed E-state index contributed by atoms with van der Waals surface area (Å²) in [4.78, 5) is 13.7. The van der Waals surface area contributed by atoms with E-state index in [0.717, 1.165) is 34.9 Å². The SMILES string of the molecule is Cc1cccc(CC(NCc2ccccn2)c2cccc(C)n2)n1. The Morgan fingerprint density at radius 1 is 0.833 bits per heavy atom. The predicted octanol–water partition coefficient (Wildman–Crippen LogP) is 3.56. The Hall–Kier alpha value is -2.59. The fraction of sp³-hybridized carbons (Fsp3) is 0.250. The van der Waals surface area contributed by atoms with Gasteiger partial charge in [0.1, 0.15) is 0 Å². The molecule has 0 radical (unpaired) electrons. The summed E-state index contributed by atoms with van der Waals surface area (Å²) in [5.74, 6) is 0. The van der Waals surface area contributed by atoms with Crippen LogP contribution < -0.4 is 5.32 Å². The Labute approximate surface area is 143 Å². The average Bonchev–Trinajstić information content (AvgIpc) is 2.59. The van der Waals surface area contributed by atoms with Crippen LogP contribution in [0.5, 0.6) is 0 Å². The molecule has 0 saturated carbocycles. The molecule has 3 rings (SSSR count). The molecule has 3 aromatic rings. The summed E-state index contributed by atoms with van der Waals surface area (Å²) < 4.78 is 0. The third-order valence-corrected chi connectivity index (χ3v) is 3.88. The minimum Gasteiger partial charge on any atom is -0.303 e. The van der Waals surface area contributed by atoms with Crippen molar-refractivity contribution in [3.05, 3.63) is 89.3 Å². The Kier molecular flexibility index (Phi) is 5.29. The highest BCUT2D eigenvalue weighted by Gasteiger charge is 2.15. The second-order valence-electron chi connectivity index (χ2n) is 5.93. The van der Waals surface area contributed by atoms with Crippen LogP contribution in [0.2, 0.25) is 0 Å². The molecule has 4 heteroatoms. The minimum absolute atomic E-state index is 0.0983. The van der Waals surface area contributed by atoms with E-state index in [-0.39, 0.29) is 6.04 Å². The van der Waals surface area contributed by atoms with E-state index in [9.17, 15) is 0 Å². The third kappa shape index (κ3) is 4.46. The molecule has 0 aliphatic heterocycles. The Morgan fingerprint density at radius 3 is 2.29 bits per heavy atom. The predicted molar refractivity (Wildman–Crippen MR) is 95.5 cm³/mol. The number of aromatic nitrogens is 3. The lowest BCUT2D eigenvalue weighted by atomic mass is 10.1. The summed E-state index contributed by atoms with van der Waals surface area (Å²) >= 11 is 0. The van der Waals surface area contributed by atoms with Gasteiger partial charge in [0.25, 0.3) is 0 Å². The summed E-state index contributed by atoms with van der Waals surface area (Å²) in [6, 6.07) is 18.3. The number of aryl methyl sites for hydroxylation is 2. The van der Waals surface area contributed by atoms with Crippen molar-refractivity contribution in [3.63, 3.8) is 0 Å². The van der Waals surface area contributed by atoms with E-state index in [4.69, 9.17) is 4.98 Å². The molecule has 3 aromatic heterocycles. The molecule has 4 nitrogen and oxygen atoms in total. The molecule has 0 spiro atoms. The van der Waals surface area contributed by atoms with Gasteiger partial charge in [-0.1, -0.05) is 18.2 Å². The van der Waals surface area contributed by atoms with Gasteiger partial charge in [-0.2, -0.15) is 0 Å². The van der Waals surface area contributed by atoms with Crippen molar-refractivity contribution in [2.45, 2.75) is 32.9 Å². The van der Waals surface area contributed by atoms with Crippen molar-refractivity contribution in [2.24, 2.45) is 0 Å². The molecule has 0 fully saturated rings. The molecule has 0 aromatic carbocycles. The standard InChI is InChI=1S/C20H22N4/c1-15-7-5-10-17(23-15)13-20(19-11-6-8-16(2)24-19)22-14-18-9-3-4-12-21-18/h3-12,20,22H,13-14H2,1-2H3. The quantitative estimate of drug-likeness (QED) is 0.755. The van der Waals surface area contributed by atoms with Crippen LogP contribution in [0.1, 0.15) is 34.5 Å². The minimum atomic E-state index is 0.0983. The number of rotatable bonds is 6. The smallest absolute Gasteiger partial charge is 0.0580 e. The number of hydrogen-bond acceptors (Lipinski definition) is 4. The van der Waals surface area contributed by atoms with Crippen LogP contribution >= 0.6 is 0 Å². The third-order valence-electron chi connectivity index (χ3n) is 3.88. The number of nitrogens with zero attached hydrogens (tertiary/aromatic N) is 3. The van der Waals surface area contributed by atoms with Crippen LogP contribution in [0.25, 0.3) is 0 Å². The van der Waals surface area contributed by atoms with Crippen molar-refractivity contribution < 1.29 is 0 Å². The first-order valence-electron chi connectivity index (χ1n) is 8.20. The van der Waals surface area contributed by atoms with Crippen LogP contribution in [0.3, 0.4) is 0 Å². The summed E-state index contributed by atoms with van der Waals surface area (Å²) in [6.45, 7) is 4.74. The van der Waals surface area contributed by atoms with Crippen molar-refractivity contribution in [1.29, 1.82) is 0 Å². The van der Waals surface area contributed by atoms with Gasteiger partial charge < -0.3 is 5.32 Å². The van der Waals surface area contributed by atoms with Gasteiger partial charge in [-0.25, -0.2) is 0 Å². The van der Waals surface area contributed by atoms with Crippen molar-refractivity contribution in [3.8, 4) is 0 Å². The summed E-state index contributed by atoms with van der Waals surface area (Å²) in [7, 11) is 0. The molecule has 122 valence electrons. The largest absolute Gasteiger partial charge is 0.303 e. The zero-order chi connectivity index (χ0) is 16.8. The first-order valence-corrected chi connectivity index (χ1v) is 8.20. The van der Waals surface area contributed by atoms with Crippen LogP contribution in [-0.2, 0) is 13.0 Å². The summed E-state index contributed by atoms with van der Waals surface area (Å²) in [5.41, 5.74) is 5.18. The van der Waals surface area contributed by atoms with Gasteiger partial charge in [0, 0.05) is 36.2 Å². The molecule has 0 bridgehead atoms. The fourth-order valence-corrected chi connectivity index (χ4v) is 2.69. The van der Waals surface area contributed by atoms with Crippen LogP contribution in [-0.4, -0.2) is 15.0 Å². The highest BCUT2D eigenvalue weighted by Crippen LogP contribution is 2.17. The van der Waals surface area contributed by atoms with Gasteiger partial charge in [0.2, 0.25) is 0 Å². The van der Waals surface area contributed by atoms with E-state index < -0.39 is 0 Å². The molecular formula is C20H22N4. The maximum Gasteiger partial charge on any atom is 0.0580 e. The lowest BCUT2D eigenvalue weighted by Crippen LogP contribution is -2.25. The average molecular weight is 318 g/mol. The topological polar surface area (TPSA) is 50.7 Å². The molecule has 24 heavy (non-hydrogen) atoms. The lowest BCUT2D eigenvalue weighted by molar-refractivity contribution is 0.508. The highest BCUT2D eigenvalue weighted by atomic mass is 15.0. The van der Waals surface area contributed by atoms with E-state index in [1.54, 1.807) is 0 Å². The van der Waals surface area contributed by atoms with Gasteiger partial charge in [-0.3, -0.25) is 15.0 Å². The zero-order valence-corrected chi connectivity index (χ0v) is 14.1. The van der Waals surface area contributed by atoms with Gasteiger partial charge in [-0.05, 0) is 50.2 Å². The summed E-state index contributed by atoms with van der Waals surface area (Å²) in [6.07, 6.45) is 2.62. The number of nitrogens with one attached hydrogen (secondary N) is 1. The Balaban J connectivity index is 1.80. The molecule has 0 amide bonds. The zero-order valence-electron chi connectivity index (χ0n) is 14.1. The number of pyridine rings is 3. The van der Waals surface area contributed by atoms with E-state index >= 15 is 0 Å². The molecule has 1 N–H and O–H groups in total. The second kappa shape index (κ2) is 7.79. The van der Waals surface area contributed by atoms with Gasteiger partial charge in [-0.15, -0.1) is 0 Å². The molecule has 3 heterocycles.